The lowest BCUT2D eigenvalue weighted by Crippen LogP contribution is -2.41. The van der Waals surface area contributed by atoms with Crippen molar-refractivity contribution in [2.45, 2.75) is 32.5 Å². The second-order valence-corrected chi connectivity index (χ2v) is 4.66. The van der Waals surface area contributed by atoms with E-state index in [1.807, 2.05) is 20.8 Å². The monoisotopic (exact) mass is 217 g/mol. The van der Waals surface area contributed by atoms with Gasteiger partial charge >= 0.3 is 6.09 Å². The number of ether oxygens (including phenoxy) is 2. The minimum absolute atomic E-state index is 0.273. The number of nitrogens with zero attached hydrogens (tertiary/aromatic N) is 1. The predicted octanol–water partition coefficient (Wildman–Crippen LogP) is 0.615. The Morgan fingerprint density at radius 2 is 2.20 bits per heavy atom. The van der Waals surface area contributed by atoms with E-state index in [9.17, 15) is 9.90 Å². The van der Waals surface area contributed by atoms with Crippen molar-refractivity contribution in [1.82, 2.24) is 4.90 Å². The van der Waals surface area contributed by atoms with Crippen molar-refractivity contribution < 1.29 is 19.4 Å². The summed E-state index contributed by atoms with van der Waals surface area (Å²) >= 11 is 0. The molecule has 0 aromatic carbocycles. The molecule has 1 aliphatic rings. The van der Waals surface area contributed by atoms with Gasteiger partial charge in [0.1, 0.15) is 5.60 Å². The number of aliphatic hydroxyl groups excluding tert-OH is 1. The number of amides is 1. The molecule has 1 rings (SSSR count). The summed E-state index contributed by atoms with van der Waals surface area (Å²) in [5, 5.41) is 9.43. The molecule has 5 nitrogen and oxygen atoms in total. The van der Waals surface area contributed by atoms with Crippen molar-refractivity contribution in [1.29, 1.82) is 0 Å². The molecule has 1 N–H and O–H groups in total. The molecule has 1 fully saturated rings. The van der Waals surface area contributed by atoms with Crippen LogP contribution < -0.4 is 0 Å². The minimum atomic E-state index is -0.625. The van der Waals surface area contributed by atoms with Gasteiger partial charge in [0.25, 0.3) is 0 Å². The molecule has 0 radical (unpaired) electrons. The van der Waals surface area contributed by atoms with E-state index in [2.05, 4.69) is 0 Å². The largest absolute Gasteiger partial charge is 0.444 e. The molecular weight excluding hydrogens is 198 g/mol. The van der Waals surface area contributed by atoms with Gasteiger partial charge in [-0.2, -0.15) is 0 Å². The van der Waals surface area contributed by atoms with Gasteiger partial charge in [-0.15, -0.1) is 0 Å². The Morgan fingerprint density at radius 1 is 1.53 bits per heavy atom. The molecule has 0 aromatic heterocycles. The van der Waals surface area contributed by atoms with Crippen molar-refractivity contribution in [2.75, 3.05) is 26.3 Å². The second kappa shape index (κ2) is 4.81. The normalized spacial score (nSPS) is 23.5. The Bertz CT molecular complexity index is 224. The predicted molar refractivity (Wildman–Crippen MR) is 54.6 cm³/mol. The van der Waals surface area contributed by atoms with Gasteiger partial charge < -0.3 is 19.5 Å². The first-order valence-electron chi connectivity index (χ1n) is 5.12. The van der Waals surface area contributed by atoms with Gasteiger partial charge in [-0.05, 0) is 20.8 Å². The molecule has 0 aliphatic carbocycles. The fourth-order valence-electron chi connectivity index (χ4n) is 1.28. The lowest BCUT2D eigenvalue weighted by atomic mass is 10.2. The summed E-state index contributed by atoms with van der Waals surface area (Å²) in [5.74, 6) is 0. The van der Waals surface area contributed by atoms with Gasteiger partial charge in [-0.1, -0.05) is 0 Å². The number of β-amino-alcohol motifs (C(OH)–C–C–N with tert-alkyl or cyclic N) is 1. The Morgan fingerprint density at radius 3 is 2.80 bits per heavy atom. The lowest BCUT2D eigenvalue weighted by Gasteiger charge is -2.26. The second-order valence-electron chi connectivity index (χ2n) is 4.66. The standard InChI is InChI=1S/C10H19NO4/c1-10(2,3)15-9(13)11-4-5-14-7-8(12)6-11/h8,12H,4-7H2,1-3H3/t8-/m0/s1. The first kappa shape index (κ1) is 12.3. The van der Waals surface area contributed by atoms with E-state index in [4.69, 9.17) is 9.47 Å². The molecule has 88 valence electrons. The minimum Gasteiger partial charge on any atom is -0.444 e. The Labute approximate surface area is 90.0 Å². The molecule has 1 atom stereocenters. The first-order valence-corrected chi connectivity index (χ1v) is 5.12. The summed E-state index contributed by atoms with van der Waals surface area (Å²) in [6.07, 6.45) is -1.02. The zero-order valence-corrected chi connectivity index (χ0v) is 9.52. The van der Waals surface area contributed by atoms with Crippen LogP contribution in [0.3, 0.4) is 0 Å². The highest BCUT2D eigenvalue weighted by atomic mass is 16.6. The van der Waals surface area contributed by atoms with Gasteiger partial charge in [0.05, 0.1) is 25.9 Å². The zero-order chi connectivity index (χ0) is 11.5. The quantitative estimate of drug-likeness (QED) is 0.646. The van der Waals surface area contributed by atoms with E-state index in [0.29, 0.717) is 13.2 Å². The van der Waals surface area contributed by atoms with Crippen molar-refractivity contribution in [3.63, 3.8) is 0 Å². The molecule has 1 amide bonds. The van der Waals surface area contributed by atoms with E-state index in [1.54, 1.807) is 0 Å². The fraction of sp³-hybridized carbons (Fsp3) is 0.900. The highest BCUT2D eigenvalue weighted by Gasteiger charge is 2.25. The number of aliphatic hydroxyl groups is 1. The van der Waals surface area contributed by atoms with Gasteiger partial charge in [0, 0.05) is 6.54 Å². The number of rotatable bonds is 0. The molecule has 1 heterocycles. The summed E-state index contributed by atoms with van der Waals surface area (Å²) in [4.78, 5) is 13.1. The third-order valence-corrected chi connectivity index (χ3v) is 1.90. The SMILES string of the molecule is CC(C)(C)OC(=O)N1CCOC[C@@H](O)C1. The van der Waals surface area contributed by atoms with Crippen LogP contribution in [0.25, 0.3) is 0 Å². The van der Waals surface area contributed by atoms with E-state index < -0.39 is 17.8 Å². The highest BCUT2D eigenvalue weighted by Crippen LogP contribution is 2.11. The smallest absolute Gasteiger partial charge is 0.410 e. The lowest BCUT2D eigenvalue weighted by molar-refractivity contribution is 0.0181. The zero-order valence-electron chi connectivity index (χ0n) is 9.52. The maximum atomic E-state index is 11.6. The van der Waals surface area contributed by atoms with Crippen molar-refractivity contribution in [3.8, 4) is 0 Å². The van der Waals surface area contributed by atoms with Gasteiger partial charge in [0.2, 0.25) is 0 Å². The van der Waals surface area contributed by atoms with Crippen LogP contribution in [0.15, 0.2) is 0 Å². The van der Waals surface area contributed by atoms with Crippen molar-refractivity contribution in [2.24, 2.45) is 0 Å². The molecule has 0 spiro atoms. The summed E-state index contributed by atoms with van der Waals surface area (Å²) in [6.45, 7) is 6.90. The van der Waals surface area contributed by atoms with Gasteiger partial charge in [-0.25, -0.2) is 4.79 Å². The van der Waals surface area contributed by atoms with Crippen LogP contribution in [0.5, 0.6) is 0 Å². The van der Waals surface area contributed by atoms with Crippen molar-refractivity contribution >= 4 is 6.09 Å². The molecule has 5 heteroatoms. The van der Waals surface area contributed by atoms with Gasteiger partial charge in [0.15, 0.2) is 0 Å². The van der Waals surface area contributed by atoms with E-state index >= 15 is 0 Å². The Balaban J connectivity index is 2.50. The van der Waals surface area contributed by atoms with Crippen LogP contribution in [-0.2, 0) is 9.47 Å². The van der Waals surface area contributed by atoms with E-state index in [0.717, 1.165) is 0 Å². The molecule has 15 heavy (non-hydrogen) atoms. The van der Waals surface area contributed by atoms with Gasteiger partial charge in [-0.3, -0.25) is 0 Å². The molecular formula is C10H19NO4. The Hall–Kier alpha value is -0.810. The number of hydrogen-bond acceptors (Lipinski definition) is 4. The summed E-state index contributed by atoms with van der Waals surface area (Å²) in [7, 11) is 0. The highest BCUT2D eigenvalue weighted by molar-refractivity contribution is 5.68. The first-order chi connectivity index (χ1) is 6.88. The van der Waals surface area contributed by atoms with Crippen molar-refractivity contribution in [3.05, 3.63) is 0 Å². The summed E-state index contributed by atoms with van der Waals surface area (Å²) < 4.78 is 10.3. The molecule has 1 aliphatic heterocycles. The molecule has 0 unspecified atom stereocenters. The summed E-state index contributed by atoms with van der Waals surface area (Å²) in [5.41, 5.74) is -0.505. The third kappa shape index (κ3) is 4.48. The molecule has 0 saturated carbocycles. The number of hydrogen-bond donors (Lipinski definition) is 1. The van der Waals surface area contributed by atoms with Crippen LogP contribution in [0.1, 0.15) is 20.8 Å². The maximum absolute atomic E-state index is 11.6. The van der Waals surface area contributed by atoms with E-state index in [-0.39, 0.29) is 13.2 Å². The third-order valence-electron chi connectivity index (χ3n) is 1.90. The molecule has 0 bridgehead atoms. The van der Waals surface area contributed by atoms with E-state index in [1.165, 1.54) is 4.90 Å². The summed E-state index contributed by atoms with van der Waals surface area (Å²) in [6, 6.07) is 0. The van der Waals surface area contributed by atoms with Crippen LogP contribution in [0, 0.1) is 0 Å². The van der Waals surface area contributed by atoms with Crippen LogP contribution >= 0.6 is 0 Å². The topological polar surface area (TPSA) is 59.0 Å². The average Bonchev–Trinajstić information content (AvgIpc) is 2.26. The number of carbonyl (C=O) groups is 1. The molecule has 1 saturated heterocycles. The molecule has 0 aromatic rings. The number of carbonyl (C=O) groups excluding carboxylic acids is 1. The maximum Gasteiger partial charge on any atom is 0.410 e. The fourth-order valence-corrected chi connectivity index (χ4v) is 1.28. The van der Waals surface area contributed by atoms with Crippen LogP contribution in [-0.4, -0.2) is 54.1 Å². The Kier molecular flexibility index (Phi) is 3.93. The van der Waals surface area contributed by atoms with Crippen LogP contribution in [0.4, 0.5) is 4.79 Å². The van der Waals surface area contributed by atoms with Crippen LogP contribution in [0.2, 0.25) is 0 Å². The average molecular weight is 217 g/mol.